The third-order valence-electron chi connectivity index (χ3n) is 4.34. The lowest BCUT2D eigenvalue weighted by atomic mass is 9.94. The maximum absolute atomic E-state index is 12.5. The number of carbonyl (C=O) groups is 1. The molecular weight excluding hydrogens is 282 g/mol. The lowest BCUT2D eigenvalue weighted by Gasteiger charge is -2.27. The van der Waals surface area contributed by atoms with E-state index in [4.69, 9.17) is 4.74 Å². The van der Waals surface area contributed by atoms with Crippen molar-refractivity contribution in [2.45, 2.75) is 70.1 Å². The van der Waals surface area contributed by atoms with Crippen molar-refractivity contribution in [2.24, 2.45) is 0 Å². The fourth-order valence-corrected chi connectivity index (χ4v) is 3.16. The molecule has 2 N–H and O–H groups in total. The second-order valence-corrected chi connectivity index (χ2v) is 7.49. The highest BCUT2D eigenvalue weighted by atomic mass is 16.5. The third kappa shape index (κ3) is 3.06. The van der Waals surface area contributed by atoms with Gasteiger partial charge < -0.3 is 15.0 Å². The molecular formula is C16H23N3O3. The number of amides is 1. The van der Waals surface area contributed by atoms with Gasteiger partial charge in [-0.3, -0.25) is 9.59 Å². The van der Waals surface area contributed by atoms with E-state index in [0.29, 0.717) is 11.7 Å². The zero-order chi connectivity index (χ0) is 16.1. The van der Waals surface area contributed by atoms with Gasteiger partial charge in [-0.25, -0.2) is 4.98 Å². The molecule has 0 bridgehead atoms. The Morgan fingerprint density at radius 2 is 2.05 bits per heavy atom. The maximum atomic E-state index is 12.5. The Kier molecular flexibility index (Phi) is 3.40. The first-order valence-corrected chi connectivity index (χ1v) is 7.79. The van der Waals surface area contributed by atoms with Crippen LogP contribution in [0.5, 0.6) is 0 Å². The number of aromatic nitrogens is 2. The molecule has 22 heavy (non-hydrogen) atoms. The fraction of sp³-hybridized carbons (Fsp3) is 0.688. The summed E-state index contributed by atoms with van der Waals surface area (Å²) < 4.78 is 5.98. The van der Waals surface area contributed by atoms with Gasteiger partial charge in [0.2, 0.25) is 0 Å². The molecule has 1 aromatic rings. The summed E-state index contributed by atoms with van der Waals surface area (Å²) in [5, 5.41) is 2.98. The highest BCUT2D eigenvalue weighted by Crippen LogP contribution is 2.38. The van der Waals surface area contributed by atoms with Gasteiger partial charge >= 0.3 is 0 Å². The van der Waals surface area contributed by atoms with Gasteiger partial charge in [-0.15, -0.1) is 0 Å². The van der Waals surface area contributed by atoms with Crippen LogP contribution in [0.15, 0.2) is 10.9 Å². The number of nitrogens with one attached hydrogen (secondary N) is 2. The summed E-state index contributed by atoms with van der Waals surface area (Å²) in [5.41, 5.74) is -0.808. The van der Waals surface area contributed by atoms with Crippen molar-refractivity contribution < 1.29 is 9.53 Å². The fourth-order valence-electron chi connectivity index (χ4n) is 3.16. The second-order valence-electron chi connectivity index (χ2n) is 7.49. The molecule has 1 aromatic heterocycles. The number of carbonyl (C=O) groups excluding carboxylic acids is 1. The van der Waals surface area contributed by atoms with E-state index in [1.165, 1.54) is 6.07 Å². The van der Waals surface area contributed by atoms with Crippen LogP contribution in [0.2, 0.25) is 0 Å². The average molecular weight is 305 g/mol. The SMILES string of the molecule is CC1(C)CC(NC(=O)c2cc(=O)[nH]c(C3CC3)n2)C(C)(C)O1. The van der Waals surface area contributed by atoms with Crippen LogP contribution in [0, 0.1) is 0 Å². The molecule has 1 atom stereocenters. The minimum Gasteiger partial charge on any atom is -0.367 e. The molecule has 1 aliphatic heterocycles. The standard InChI is InChI=1S/C16H23N3O3/c1-15(2)8-11(16(3,4)22-15)18-14(21)10-7-12(20)19-13(17-10)9-5-6-9/h7,9,11H,5-6,8H2,1-4H3,(H,18,21)(H,17,19,20). The summed E-state index contributed by atoms with van der Waals surface area (Å²) in [6.07, 6.45) is 2.77. The molecule has 0 spiro atoms. The minimum absolute atomic E-state index is 0.111. The summed E-state index contributed by atoms with van der Waals surface area (Å²) in [4.78, 5) is 31.2. The summed E-state index contributed by atoms with van der Waals surface area (Å²) in [7, 11) is 0. The van der Waals surface area contributed by atoms with Crippen LogP contribution < -0.4 is 10.9 Å². The largest absolute Gasteiger partial charge is 0.367 e. The Morgan fingerprint density at radius 3 is 2.59 bits per heavy atom. The lowest BCUT2D eigenvalue weighted by molar-refractivity contribution is -0.0693. The predicted octanol–water partition coefficient (Wildman–Crippen LogP) is 1.72. The first-order chi connectivity index (χ1) is 10.2. The molecule has 2 aliphatic rings. The molecule has 1 amide bonds. The Morgan fingerprint density at radius 1 is 1.36 bits per heavy atom. The number of ether oxygens (including phenoxy) is 1. The number of hydrogen-bond donors (Lipinski definition) is 2. The zero-order valence-corrected chi connectivity index (χ0v) is 13.5. The van der Waals surface area contributed by atoms with Gasteiger partial charge in [0.25, 0.3) is 11.5 Å². The van der Waals surface area contributed by atoms with Crippen molar-refractivity contribution in [3.63, 3.8) is 0 Å². The zero-order valence-electron chi connectivity index (χ0n) is 13.5. The molecule has 2 heterocycles. The van der Waals surface area contributed by atoms with Crippen LogP contribution in [0.1, 0.15) is 69.2 Å². The van der Waals surface area contributed by atoms with Crippen molar-refractivity contribution in [1.29, 1.82) is 0 Å². The van der Waals surface area contributed by atoms with Crippen molar-refractivity contribution in [3.8, 4) is 0 Å². The van der Waals surface area contributed by atoms with E-state index in [9.17, 15) is 9.59 Å². The normalized spacial score (nSPS) is 25.9. The molecule has 1 saturated heterocycles. The minimum atomic E-state index is -0.445. The number of hydrogen-bond acceptors (Lipinski definition) is 4. The summed E-state index contributed by atoms with van der Waals surface area (Å²) in [6.45, 7) is 7.95. The molecule has 3 rings (SSSR count). The van der Waals surface area contributed by atoms with E-state index in [-0.39, 0.29) is 28.8 Å². The highest BCUT2D eigenvalue weighted by Gasteiger charge is 2.46. The molecule has 0 aromatic carbocycles. The molecule has 1 saturated carbocycles. The van der Waals surface area contributed by atoms with Crippen molar-refractivity contribution in [1.82, 2.24) is 15.3 Å². The van der Waals surface area contributed by atoms with Crippen LogP contribution in [-0.2, 0) is 4.74 Å². The van der Waals surface area contributed by atoms with Crippen LogP contribution in [-0.4, -0.2) is 33.1 Å². The number of rotatable bonds is 3. The lowest BCUT2D eigenvalue weighted by Crippen LogP contribution is -2.46. The molecule has 0 radical (unpaired) electrons. The second kappa shape index (κ2) is 4.91. The quantitative estimate of drug-likeness (QED) is 0.890. The van der Waals surface area contributed by atoms with Gasteiger partial charge in [0, 0.05) is 12.0 Å². The van der Waals surface area contributed by atoms with Gasteiger partial charge in [0.1, 0.15) is 11.5 Å². The summed E-state index contributed by atoms with van der Waals surface area (Å²) >= 11 is 0. The Balaban J connectivity index is 1.79. The van der Waals surface area contributed by atoms with Gasteiger partial charge in [-0.05, 0) is 47.0 Å². The van der Waals surface area contributed by atoms with Gasteiger partial charge in [0.05, 0.1) is 17.2 Å². The van der Waals surface area contributed by atoms with E-state index >= 15 is 0 Å². The number of aromatic amines is 1. The molecule has 2 fully saturated rings. The predicted molar refractivity (Wildman–Crippen MR) is 81.9 cm³/mol. The van der Waals surface area contributed by atoms with E-state index in [1.807, 2.05) is 27.7 Å². The molecule has 1 unspecified atom stereocenters. The molecule has 1 aliphatic carbocycles. The Hall–Kier alpha value is -1.69. The number of nitrogens with zero attached hydrogens (tertiary/aromatic N) is 1. The smallest absolute Gasteiger partial charge is 0.270 e. The summed E-state index contributed by atoms with van der Waals surface area (Å²) in [5.74, 6) is 0.609. The summed E-state index contributed by atoms with van der Waals surface area (Å²) in [6, 6.07) is 1.15. The van der Waals surface area contributed by atoms with Crippen molar-refractivity contribution >= 4 is 5.91 Å². The average Bonchev–Trinajstić information content (AvgIpc) is 3.16. The van der Waals surface area contributed by atoms with Gasteiger partial charge in [0.15, 0.2) is 0 Å². The Labute approximate surface area is 129 Å². The Bertz CT molecular complexity index is 659. The van der Waals surface area contributed by atoms with E-state index in [1.54, 1.807) is 0 Å². The number of H-pyrrole nitrogens is 1. The molecule has 120 valence electrons. The topological polar surface area (TPSA) is 84.1 Å². The van der Waals surface area contributed by atoms with Crippen molar-refractivity contribution in [2.75, 3.05) is 0 Å². The van der Waals surface area contributed by atoms with Crippen LogP contribution >= 0.6 is 0 Å². The van der Waals surface area contributed by atoms with Gasteiger partial charge in [-0.1, -0.05) is 0 Å². The first-order valence-electron chi connectivity index (χ1n) is 7.79. The first kappa shape index (κ1) is 15.2. The van der Waals surface area contributed by atoms with E-state index < -0.39 is 5.60 Å². The van der Waals surface area contributed by atoms with Crippen LogP contribution in [0.25, 0.3) is 0 Å². The van der Waals surface area contributed by atoms with E-state index in [2.05, 4.69) is 15.3 Å². The molecule has 6 heteroatoms. The maximum Gasteiger partial charge on any atom is 0.270 e. The van der Waals surface area contributed by atoms with Crippen LogP contribution in [0.4, 0.5) is 0 Å². The van der Waals surface area contributed by atoms with Gasteiger partial charge in [-0.2, -0.15) is 0 Å². The highest BCUT2D eigenvalue weighted by molar-refractivity contribution is 5.92. The monoisotopic (exact) mass is 305 g/mol. The van der Waals surface area contributed by atoms with E-state index in [0.717, 1.165) is 19.3 Å². The van der Waals surface area contributed by atoms with Crippen molar-refractivity contribution in [3.05, 3.63) is 27.9 Å². The molecule has 6 nitrogen and oxygen atoms in total. The van der Waals surface area contributed by atoms with Crippen LogP contribution in [0.3, 0.4) is 0 Å². The third-order valence-corrected chi connectivity index (χ3v) is 4.34.